The van der Waals surface area contributed by atoms with Crippen LogP contribution in [-0.2, 0) is 0 Å². The highest BCUT2D eigenvalue weighted by Gasteiger charge is 2.21. The number of nitrogens with one attached hydrogen (secondary N) is 1. The minimum absolute atomic E-state index is 0.178. The lowest BCUT2D eigenvalue weighted by atomic mass is 10.1. The average Bonchev–Trinajstić information content (AvgIpc) is 2.62. The summed E-state index contributed by atoms with van der Waals surface area (Å²) in [6.45, 7) is 2.75. The third-order valence-corrected chi connectivity index (χ3v) is 3.88. The van der Waals surface area contributed by atoms with E-state index in [1.54, 1.807) is 0 Å². The van der Waals surface area contributed by atoms with E-state index in [0.29, 0.717) is 12.5 Å². The Morgan fingerprint density at radius 1 is 1.32 bits per heavy atom. The van der Waals surface area contributed by atoms with Gasteiger partial charge in [-0.2, -0.15) is 0 Å². The zero-order chi connectivity index (χ0) is 13.5. The molecule has 1 fully saturated rings. The molecule has 2 rings (SSSR count). The van der Waals surface area contributed by atoms with E-state index in [-0.39, 0.29) is 11.4 Å². The van der Waals surface area contributed by atoms with Gasteiger partial charge in [0.05, 0.1) is 12.0 Å². The molecule has 2 atom stereocenters. The van der Waals surface area contributed by atoms with Gasteiger partial charge in [0.2, 0.25) is 5.88 Å². The van der Waals surface area contributed by atoms with Crippen LogP contribution in [-0.4, -0.2) is 28.0 Å². The van der Waals surface area contributed by atoms with Gasteiger partial charge >= 0.3 is 0 Å². The summed E-state index contributed by atoms with van der Waals surface area (Å²) < 4.78 is 5.51. The van der Waals surface area contributed by atoms with Gasteiger partial charge in [0, 0.05) is 12.1 Å². The van der Waals surface area contributed by atoms with Gasteiger partial charge in [0.15, 0.2) is 0 Å². The Labute approximate surface area is 119 Å². The first-order valence-corrected chi connectivity index (χ1v) is 7.58. The summed E-state index contributed by atoms with van der Waals surface area (Å²) in [5, 5.41) is 3.60. The topological polar surface area (TPSA) is 47.0 Å². The number of hydrogen-bond donors (Lipinski definition) is 1. The summed E-state index contributed by atoms with van der Waals surface area (Å²) >= 11 is 6.42. The van der Waals surface area contributed by atoms with Crippen molar-refractivity contribution in [1.82, 2.24) is 9.97 Å². The normalized spacial score (nSPS) is 23.7. The molecule has 1 aromatic heterocycles. The van der Waals surface area contributed by atoms with Crippen LogP contribution in [0.3, 0.4) is 0 Å². The second-order valence-corrected chi connectivity index (χ2v) is 5.56. The molecule has 0 radical (unpaired) electrons. The highest BCUT2D eigenvalue weighted by Crippen LogP contribution is 2.25. The first-order chi connectivity index (χ1) is 9.29. The lowest BCUT2D eigenvalue weighted by Gasteiger charge is -2.21. The van der Waals surface area contributed by atoms with Crippen molar-refractivity contribution in [3.8, 4) is 5.88 Å². The Morgan fingerprint density at radius 2 is 2.16 bits per heavy atom. The Balaban J connectivity index is 1.97. The molecular formula is C14H22ClN3O. The molecule has 1 aromatic rings. The second-order valence-electron chi connectivity index (χ2n) is 4.99. The number of nitrogens with zero attached hydrogens (tertiary/aromatic N) is 2. The Kier molecular flexibility index (Phi) is 5.70. The molecule has 1 heterocycles. The third kappa shape index (κ3) is 4.53. The van der Waals surface area contributed by atoms with Crippen LogP contribution in [0.25, 0.3) is 0 Å². The van der Waals surface area contributed by atoms with Crippen molar-refractivity contribution in [1.29, 1.82) is 0 Å². The predicted octanol–water partition coefficient (Wildman–Crippen LogP) is 3.62. The van der Waals surface area contributed by atoms with E-state index in [0.717, 1.165) is 25.1 Å². The van der Waals surface area contributed by atoms with Crippen molar-refractivity contribution in [2.45, 2.75) is 56.9 Å². The second kappa shape index (κ2) is 7.53. The summed E-state index contributed by atoms with van der Waals surface area (Å²) in [6, 6.07) is 2.14. The molecule has 4 nitrogen and oxygen atoms in total. The number of anilines is 1. The lowest BCUT2D eigenvalue weighted by Crippen LogP contribution is -2.29. The van der Waals surface area contributed by atoms with Gasteiger partial charge < -0.3 is 10.1 Å². The van der Waals surface area contributed by atoms with Crippen LogP contribution in [0.15, 0.2) is 12.4 Å². The molecule has 0 aliphatic heterocycles. The zero-order valence-electron chi connectivity index (χ0n) is 11.4. The lowest BCUT2D eigenvalue weighted by molar-refractivity contribution is 0.305. The minimum Gasteiger partial charge on any atom is -0.478 e. The third-order valence-electron chi connectivity index (χ3n) is 3.36. The van der Waals surface area contributed by atoms with Gasteiger partial charge in [-0.3, -0.25) is 0 Å². The highest BCUT2D eigenvalue weighted by atomic mass is 35.5. The van der Waals surface area contributed by atoms with Crippen molar-refractivity contribution in [2.75, 3.05) is 11.9 Å². The number of aromatic nitrogens is 2. The number of rotatable bonds is 5. The van der Waals surface area contributed by atoms with E-state index in [1.165, 1.54) is 25.6 Å². The van der Waals surface area contributed by atoms with Crippen LogP contribution >= 0.6 is 11.6 Å². The number of hydrogen-bond acceptors (Lipinski definition) is 4. The van der Waals surface area contributed by atoms with Crippen LogP contribution in [0, 0.1) is 0 Å². The van der Waals surface area contributed by atoms with Crippen LogP contribution in [0.2, 0.25) is 0 Å². The molecule has 0 aromatic carbocycles. The zero-order valence-corrected chi connectivity index (χ0v) is 12.2. The maximum absolute atomic E-state index is 6.42. The first kappa shape index (κ1) is 14.4. The molecule has 0 spiro atoms. The number of alkyl halides is 1. The van der Waals surface area contributed by atoms with E-state index in [2.05, 4.69) is 22.2 Å². The molecule has 2 unspecified atom stereocenters. The Morgan fingerprint density at radius 3 is 3.00 bits per heavy atom. The molecular weight excluding hydrogens is 262 g/mol. The molecule has 0 saturated heterocycles. The van der Waals surface area contributed by atoms with Crippen molar-refractivity contribution in [3.05, 3.63) is 12.4 Å². The maximum Gasteiger partial charge on any atom is 0.218 e. The van der Waals surface area contributed by atoms with Gasteiger partial charge in [-0.25, -0.2) is 9.97 Å². The van der Waals surface area contributed by atoms with E-state index in [1.807, 2.05) is 6.07 Å². The molecule has 0 amide bonds. The van der Waals surface area contributed by atoms with Gasteiger partial charge in [0.1, 0.15) is 12.1 Å². The fourth-order valence-electron chi connectivity index (χ4n) is 2.32. The fraction of sp³-hybridized carbons (Fsp3) is 0.714. The number of halogens is 1. The average molecular weight is 284 g/mol. The molecule has 1 aliphatic carbocycles. The predicted molar refractivity (Wildman–Crippen MR) is 78.0 cm³/mol. The van der Waals surface area contributed by atoms with Crippen molar-refractivity contribution >= 4 is 17.4 Å². The summed E-state index contributed by atoms with van der Waals surface area (Å²) in [7, 11) is 0. The van der Waals surface area contributed by atoms with Gasteiger partial charge in [0.25, 0.3) is 0 Å². The van der Waals surface area contributed by atoms with Gasteiger partial charge in [-0.15, -0.1) is 11.6 Å². The largest absolute Gasteiger partial charge is 0.478 e. The Hall–Kier alpha value is -1.03. The van der Waals surface area contributed by atoms with Crippen molar-refractivity contribution in [2.24, 2.45) is 0 Å². The highest BCUT2D eigenvalue weighted by molar-refractivity contribution is 6.21. The molecule has 0 bridgehead atoms. The number of ether oxygens (including phenoxy) is 1. The quantitative estimate of drug-likeness (QED) is 0.662. The molecule has 5 heteroatoms. The standard InChI is InChI=1S/C14H22ClN3O/c1-2-8-19-14-9-13(16-10-17-14)18-12-7-5-3-4-6-11(12)15/h9-12H,2-8H2,1H3,(H,16,17,18). The molecule has 1 saturated carbocycles. The van der Waals surface area contributed by atoms with E-state index in [4.69, 9.17) is 16.3 Å². The van der Waals surface area contributed by atoms with Crippen LogP contribution in [0.5, 0.6) is 5.88 Å². The fourth-order valence-corrected chi connectivity index (χ4v) is 2.66. The van der Waals surface area contributed by atoms with Gasteiger partial charge in [-0.05, 0) is 19.3 Å². The molecule has 1 N–H and O–H groups in total. The monoisotopic (exact) mass is 283 g/mol. The minimum atomic E-state index is 0.178. The van der Waals surface area contributed by atoms with Crippen LogP contribution < -0.4 is 10.1 Å². The van der Waals surface area contributed by atoms with Crippen molar-refractivity contribution < 1.29 is 4.74 Å². The summed E-state index contributed by atoms with van der Waals surface area (Å²) in [5.41, 5.74) is 0. The summed E-state index contributed by atoms with van der Waals surface area (Å²) in [5.74, 6) is 1.43. The van der Waals surface area contributed by atoms with E-state index < -0.39 is 0 Å². The van der Waals surface area contributed by atoms with E-state index >= 15 is 0 Å². The van der Waals surface area contributed by atoms with Crippen LogP contribution in [0.1, 0.15) is 45.4 Å². The molecule has 1 aliphatic rings. The Bertz CT molecular complexity index is 389. The van der Waals surface area contributed by atoms with Gasteiger partial charge in [-0.1, -0.05) is 26.2 Å². The smallest absolute Gasteiger partial charge is 0.218 e. The summed E-state index contributed by atoms with van der Waals surface area (Å²) in [4.78, 5) is 8.35. The first-order valence-electron chi connectivity index (χ1n) is 7.15. The molecule has 106 valence electrons. The van der Waals surface area contributed by atoms with Crippen LogP contribution in [0.4, 0.5) is 5.82 Å². The maximum atomic E-state index is 6.42. The van der Waals surface area contributed by atoms with E-state index in [9.17, 15) is 0 Å². The summed E-state index contributed by atoms with van der Waals surface area (Å²) in [6.07, 6.45) is 8.40. The molecule has 19 heavy (non-hydrogen) atoms. The van der Waals surface area contributed by atoms with Crippen molar-refractivity contribution in [3.63, 3.8) is 0 Å². The SMILES string of the molecule is CCCOc1cc(NC2CCCCCC2Cl)ncn1.